The van der Waals surface area contributed by atoms with Crippen LogP contribution in [-0.4, -0.2) is 9.97 Å². The molecule has 0 fully saturated rings. The molecule has 3 aromatic rings. The number of aryl methyl sites for hydroxylation is 3. The summed E-state index contributed by atoms with van der Waals surface area (Å²) >= 11 is 0. The largest absolute Gasteiger partial charge is 0.342 e. The van der Waals surface area contributed by atoms with E-state index in [-0.39, 0.29) is 0 Å². The summed E-state index contributed by atoms with van der Waals surface area (Å²) in [5, 5.41) is 0. The first-order valence-electron chi connectivity index (χ1n) is 10.9. The molecule has 0 bridgehead atoms. The summed E-state index contributed by atoms with van der Waals surface area (Å²) in [6.45, 7) is 2.28. The number of aromatic amines is 1. The number of nitrogens with zero attached hydrogens (tertiary/aromatic N) is 1. The number of para-hydroxylation sites is 2. The molecule has 0 aliphatic heterocycles. The zero-order chi connectivity index (χ0) is 18.7. The van der Waals surface area contributed by atoms with Crippen LogP contribution in [0.15, 0.2) is 48.5 Å². The van der Waals surface area contributed by atoms with Gasteiger partial charge < -0.3 is 4.98 Å². The lowest BCUT2D eigenvalue weighted by Crippen LogP contribution is -1.92. The van der Waals surface area contributed by atoms with Crippen molar-refractivity contribution in [1.82, 2.24) is 9.97 Å². The smallest absolute Gasteiger partial charge is 0.107 e. The fraction of sp³-hybridized carbons (Fsp3) is 0.480. The number of aromatic nitrogens is 2. The molecule has 0 atom stereocenters. The van der Waals surface area contributed by atoms with E-state index in [1.165, 1.54) is 75.3 Å². The van der Waals surface area contributed by atoms with Gasteiger partial charge in [0.2, 0.25) is 0 Å². The van der Waals surface area contributed by atoms with E-state index < -0.39 is 0 Å². The van der Waals surface area contributed by atoms with E-state index in [1.54, 1.807) is 0 Å². The van der Waals surface area contributed by atoms with Gasteiger partial charge in [0.1, 0.15) is 5.82 Å². The number of unbranched alkanes of at least 4 members (excludes halogenated alkanes) is 6. The van der Waals surface area contributed by atoms with Crippen molar-refractivity contribution >= 4 is 11.0 Å². The van der Waals surface area contributed by atoms with Crippen molar-refractivity contribution in [1.29, 1.82) is 0 Å². The average Bonchev–Trinajstić information content (AvgIpc) is 3.11. The summed E-state index contributed by atoms with van der Waals surface area (Å²) in [7, 11) is 0. The molecule has 1 aromatic heterocycles. The third-order valence-electron chi connectivity index (χ3n) is 5.38. The van der Waals surface area contributed by atoms with E-state index in [0.29, 0.717) is 0 Å². The zero-order valence-electron chi connectivity index (χ0n) is 16.8. The first-order valence-corrected chi connectivity index (χ1v) is 10.9. The molecule has 0 unspecified atom stereocenters. The number of benzene rings is 2. The first kappa shape index (κ1) is 19.7. The van der Waals surface area contributed by atoms with Crippen LogP contribution in [0, 0.1) is 0 Å². The van der Waals surface area contributed by atoms with Gasteiger partial charge in [0.05, 0.1) is 11.0 Å². The van der Waals surface area contributed by atoms with Crippen molar-refractivity contribution in [2.75, 3.05) is 0 Å². The molecule has 0 saturated heterocycles. The van der Waals surface area contributed by atoms with Crippen molar-refractivity contribution < 1.29 is 0 Å². The Morgan fingerprint density at radius 3 is 2.07 bits per heavy atom. The van der Waals surface area contributed by atoms with Crippen LogP contribution < -0.4 is 0 Å². The van der Waals surface area contributed by atoms with Crippen molar-refractivity contribution in [2.45, 2.75) is 77.6 Å². The summed E-state index contributed by atoms with van der Waals surface area (Å²) < 4.78 is 0. The van der Waals surface area contributed by atoms with Crippen LogP contribution in [0.3, 0.4) is 0 Å². The van der Waals surface area contributed by atoms with Gasteiger partial charge in [-0.25, -0.2) is 4.98 Å². The Kier molecular flexibility index (Phi) is 7.95. The van der Waals surface area contributed by atoms with E-state index in [0.717, 1.165) is 23.3 Å². The summed E-state index contributed by atoms with van der Waals surface area (Å²) in [4.78, 5) is 8.10. The fourth-order valence-corrected chi connectivity index (χ4v) is 3.80. The van der Waals surface area contributed by atoms with Gasteiger partial charge in [0.15, 0.2) is 0 Å². The van der Waals surface area contributed by atoms with Crippen LogP contribution in [-0.2, 0) is 19.3 Å². The summed E-state index contributed by atoms with van der Waals surface area (Å²) in [6.07, 6.45) is 14.0. The number of rotatable bonds is 12. The number of imidazole rings is 1. The first-order chi connectivity index (χ1) is 13.3. The molecule has 1 N–H and O–H groups in total. The fourth-order valence-electron chi connectivity index (χ4n) is 3.80. The molecule has 0 aliphatic rings. The molecule has 0 radical (unpaired) electrons. The van der Waals surface area contributed by atoms with Crippen LogP contribution in [0.5, 0.6) is 0 Å². The quantitative estimate of drug-likeness (QED) is 0.344. The van der Waals surface area contributed by atoms with Crippen molar-refractivity contribution in [3.63, 3.8) is 0 Å². The van der Waals surface area contributed by atoms with E-state index in [4.69, 9.17) is 0 Å². The monoisotopic (exact) mass is 362 g/mol. The lowest BCUT2D eigenvalue weighted by Gasteiger charge is -2.06. The molecule has 2 heteroatoms. The number of H-pyrrole nitrogens is 1. The zero-order valence-corrected chi connectivity index (χ0v) is 16.8. The highest BCUT2D eigenvalue weighted by Crippen LogP contribution is 2.15. The Labute approximate surface area is 164 Å². The van der Waals surface area contributed by atoms with Crippen molar-refractivity contribution in [3.05, 3.63) is 65.5 Å². The molecule has 1 heterocycles. The van der Waals surface area contributed by atoms with Crippen molar-refractivity contribution in [2.24, 2.45) is 0 Å². The molecule has 0 saturated carbocycles. The van der Waals surface area contributed by atoms with Gasteiger partial charge in [-0.05, 0) is 55.4 Å². The van der Waals surface area contributed by atoms with Gasteiger partial charge in [0, 0.05) is 6.42 Å². The molecule has 0 amide bonds. The van der Waals surface area contributed by atoms with Crippen LogP contribution >= 0.6 is 0 Å². The Morgan fingerprint density at radius 2 is 1.37 bits per heavy atom. The maximum atomic E-state index is 4.67. The highest BCUT2D eigenvalue weighted by atomic mass is 14.9. The van der Waals surface area contributed by atoms with Gasteiger partial charge >= 0.3 is 0 Å². The van der Waals surface area contributed by atoms with E-state index >= 15 is 0 Å². The maximum Gasteiger partial charge on any atom is 0.107 e. The third-order valence-corrected chi connectivity index (χ3v) is 5.38. The maximum absolute atomic E-state index is 4.67. The molecule has 144 valence electrons. The normalized spacial score (nSPS) is 11.3. The standard InChI is InChI=1S/C25H34N2/c1-2-3-4-7-13-21-15-12-16-22(20-21)14-8-5-6-9-19-25-26-23-17-10-11-18-24(23)27-25/h10-12,15-18,20H,2-9,13-14,19H2,1H3,(H,26,27). The van der Waals surface area contributed by atoms with Crippen LogP contribution in [0.25, 0.3) is 11.0 Å². The van der Waals surface area contributed by atoms with Gasteiger partial charge in [-0.3, -0.25) is 0 Å². The number of fused-ring (bicyclic) bond motifs is 1. The minimum atomic E-state index is 1.06. The number of nitrogens with one attached hydrogen (secondary N) is 1. The average molecular weight is 363 g/mol. The van der Waals surface area contributed by atoms with E-state index in [1.807, 2.05) is 6.07 Å². The second-order valence-corrected chi connectivity index (χ2v) is 7.75. The van der Waals surface area contributed by atoms with Gasteiger partial charge in [-0.1, -0.05) is 75.4 Å². The molecule has 0 aliphatic carbocycles. The Bertz CT molecular complexity index is 770. The minimum Gasteiger partial charge on any atom is -0.342 e. The van der Waals surface area contributed by atoms with Crippen LogP contribution in [0.1, 0.15) is 75.2 Å². The summed E-state index contributed by atoms with van der Waals surface area (Å²) in [5.74, 6) is 1.13. The number of hydrogen-bond donors (Lipinski definition) is 1. The SMILES string of the molecule is CCCCCCc1cccc(CCCCCCc2nc3ccccc3[nH]2)c1. The molecular weight excluding hydrogens is 328 g/mol. The number of hydrogen-bond acceptors (Lipinski definition) is 1. The Balaban J connectivity index is 1.31. The summed E-state index contributed by atoms with van der Waals surface area (Å²) in [5.41, 5.74) is 5.28. The third kappa shape index (κ3) is 6.53. The molecule has 2 aromatic carbocycles. The predicted molar refractivity (Wildman–Crippen MR) is 116 cm³/mol. The van der Waals surface area contributed by atoms with Crippen LogP contribution in [0.4, 0.5) is 0 Å². The predicted octanol–water partition coefficient (Wildman–Crippen LogP) is 7.03. The molecular formula is C25H34N2. The van der Waals surface area contributed by atoms with Gasteiger partial charge in [0.25, 0.3) is 0 Å². The molecule has 3 rings (SSSR count). The topological polar surface area (TPSA) is 28.7 Å². The summed E-state index contributed by atoms with van der Waals surface area (Å²) in [6, 6.07) is 17.5. The lowest BCUT2D eigenvalue weighted by molar-refractivity contribution is 0.632. The highest BCUT2D eigenvalue weighted by Gasteiger charge is 2.02. The molecule has 27 heavy (non-hydrogen) atoms. The second kappa shape index (κ2) is 10.9. The van der Waals surface area contributed by atoms with Crippen molar-refractivity contribution in [3.8, 4) is 0 Å². The minimum absolute atomic E-state index is 1.06. The van der Waals surface area contributed by atoms with Gasteiger partial charge in [-0.2, -0.15) is 0 Å². The van der Waals surface area contributed by atoms with E-state index in [2.05, 4.69) is 59.4 Å². The molecule has 0 spiro atoms. The Morgan fingerprint density at radius 1 is 0.704 bits per heavy atom. The van der Waals surface area contributed by atoms with E-state index in [9.17, 15) is 0 Å². The Hall–Kier alpha value is -2.09. The van der Waals surface area contributed by atoms with Crippen LogP contribution in [0.2, 0.25) is 0 Å². The van der Waals surface area contributed by atoms with Gasteiger partial charge in [-0.15, -0.1) is 0 Å². The second-order valence-electron chi connectivity index (χ2n) is 7.75. The lowest BCUT2D eigenvalue weighted by atomic mass is 10.0. The highest BCUT2D eigenvalue weighted by molar-refractivity contribution is 5.74. The molecule has 2 nitrogen and oxygen atoms in total.